The van der Waals surface area contributed by atoms with E-state index in [9.17, 15) is 9.90 Å². The van der Waals surface area contributed by atoms with E-state index in [-0.39, 0.29) is 20.9 Å². The van der Waals surface area contributed by atoms with Crippen LogP contribution in [0.3, 0.4) is 0 Å². The minimum atomic E-state index is -0.263. The number of nitrogens with zero attached hydrogens (tertiary/aromatic N) is 3. The predicted molar refractivity (Wildman–Crippen MR) is 126 cm³/mol. The highest BCUT2D eigenvalue weighted by Crippen LogP contribution is 2.39. The van der Waals surface area contributed by atoms with Crippen LogP contribution in [0.2, 0.25) is 0 Å². The molecule has 172 valence electrons. The number of anilines is 1. The van der Waals surface area contributed by atoms with Crippen molar-refractivity contribution < 1.29 is 22.2 Å². The Morgan fingerprint density at radius 2 is 2.16 bits per heavy atom. The van der Waals surface area contributed by atoms with Gasteiger partial charge in [0.15, 0.2) is 0 Å². The first-order valence-electron chi connectivity index (χ1n) is 11.2. The molecule has 1 amide bonds. The lowest BCUT2D eigenvalue weighted by Crippen LogP contribution is -2.39. The standard InChI is InChI=1S/C23H32N4O4.2H2/c1-4-31-23(29)26-10-7-17(8-11-26)27-20-6-5-16(25-15(2)3)13-18(20)21(22(27)28)19-14-30-12-9-24-19;;/h5-6,13,15,17,25,28H,4,7-12,14H2,1-3H3;2*1H. The van der Waals surface area contributed by atoms with E-state index >= 15 is 0 Å². The maximum Gasteiger partial charge on any atom is 0.409 e. The van der Waals surface area contributed by atoms with Crippen LogP contribution in [0, 0.1) is 0 Å². The number of fused-ring (bicyclic) bond motifs is 1. The van der Waals surface area contributed by atoms with Crippen molar-refractivity contribution in [3.05, 3.63) is 23.8 Å². The number of carbonyl (C=O) groups excluding carboxylic acids is 1. The SMILES string of the molecule is CCOC(=O)N1CCC(n2c(O)c(C3=NCCOC3)c3cc(NC(C)C)ccc32)CC1.[HH].[HH]. The van der Waals surface area contributed by atoms with Crippen molar-refractivity contribution in [2.75, 3.05) is 44.8 Å². The van der Waals surface area contributed by atoms with Gasteiger partial charge in [0.1, 0.15) is 0 Å². The van der Waals surface area contributed by atoms with Gasteiger partial charge in [-0.2, -0.15) is 0 Å². The van der Waals surface area contributed by atoms with E-state index in [1.807, 2.05) is 11.5 Å². The fourth-order valence-electron chi connectivity index (χ4n) is 4.51. The molecule has 1 aromatic carbocycles. The van der Waals surface area contributed by atoms with Crippen molar-refractivity contribution in [2.45, 2.75) is 45.7 Å². The fraction of sp³-hybridized carbons (Fsp3) is 0.565. The number of aromatic hydroxyl groups is 1. The molecule has 0 atom stereocenters. The third kappa shape index (κ3) is 4.35. The van der Waals surface area contributed by atoms with Gasteiger partial charge in [0.25, 0.3) is 0 Å². The maximum absolute atomic E-state index is 12.1. The van der Waals surface area contributed by atoms with Crippen LogP contribution in [0.25, 0.3) is 10.9 Å². The molecule has 0 spiro atoms. The van der Waals surface area contributed by atoms with E-state index in [2.05, 4.69) is 42.4 Å². The minimum absolute atomic E-state index is 0. The summed E-state index contributed by atoms with van der Waals surface area (Å²) >= 11 is 0. The highest BCUT2D eigenvalue weighted by Gasteiger charge is 2.30. The normalized spacial score (nSPS) is 17.8. The quantitative estimate of drug-likeness (QED) is 0.737. The third-order valence-electron chi connectivity index (χ3n) is 5.85. The Morgan fingerprint density at radius 1 is 1.39 bits per heavy atom. The number of nitrogens with one attached hydrogen (secondary N) is 1. The molecule has 8 nitrogen and oxygen atoms in total. The van der Waals surface area contributed by atoms with Crippen molar-refractivity contribution in [2.24, 2.45) is 4.99 Å². The molecule has 31 heavy (non-hydrogen) atoms. The molecule has 1 aromatic heterocycles. The molecule has 3 heterocycles. The zero-order chi connectivity index (χ0) is 22.0. The Bertz CT molecular complexity index is 984. The van der Waals surface area contributed by atoms with Gasteiger partial charge in [0, 0.05) is 39.1 Å². The van der Waals surface area contributed by atoms with Crippen LogP contribution in [-0.4, -0.2) is 71.9 Å². The van der Waals surface area contributed by atoms with Crippen LogP contribution in [0.4, 0.5) is 10.5 Å². The summed E-state index contributed by atoms with van der Waals surface area (Å²) in [7, 11) is 0. The molecular weight excluding hydrogens is 396 g/mol. The van der Waals surface area contributed by atoms with Crippen LogP contribution in [-0.2, 0) is 9.47 Å². The summed E-state index contributed by atoms with van der Waals surface area (Å²) in [5.41, 5.74) is 3.54. The molecule has 2 aromatic rings. The highest BCUT2D eigenvalue weighted by atomic mass is 16.6. The van der Waals surface area contributed by atoms with E-state index in [1.54, 1.807) is 4.90 Å². The van der Waals surface area contributed by atoms with Crippen molar-refractivity contribution in [3.8, 4) is 5.88 Å². The monoisotopic (exact) mass is 432 g/mol. The second-order valence-electron chi connectivity index (χ2n) is 8.40. The first kappa shape index (κ1) is 21.5. The van der Waals surface area contributed by atoms with Crippen molar-refractivity contribution in [1.82, 2.24) is 9.47 Å². The Balaban J connectivity index is 0.00000193. The molecule has 2 N–H and O–H groups in total. The van der Waals surface area contributed by atoms with Gasteiger partial charge in [-0.1, -0.05) is 0 Å². The van der Waals surface area contributed by atoms with Gasteiger partial charge in [-0.05, 0) is 51.8 Å². The average molecular weight is 433 g/mol. The number of amides is 1. The van der Waals surface area contributed by atoms with Crippen molar-refractivity contribution in [1.29, 1.82) is 0 Å². The number of aliphatic imine (C=N–C) groups is 1. The zero-order valence-electron chi connectivity index (χ0n) is 18.6. The summed E-state index contributed by atoms with van der Waals surface area (Å²) < 4.78 is 12.8. The van der Waals surface area contributed by atoms with Crippen LogP contribution >= 0.6 is 0 Å². The number of hydrogen-bond donors (Lipinski definition) is 2. The van der Waals surface area contributed by atoms with Crippen molar-refractivity contribution in [3.63, 3.8) is 0 Å². The van der Waals surface area contributed by atoms with Gasteiger partial charge in [0.05, 0.1) is 43.2 Å². The van der Waals surface area contributed by atoms with Gasteiger partial charge in [-0.3, -0.25) is 4.99 Å². The summed E-state index contributed by atoms with van der Waals surface area (Å²) in [5, 5.41) is 15.8. The first-order valence-corrected chi connectivity index (χ1v) is 11.2. The lowest BCUT2D eigenvalue weighted by atomic mass is 10.0. The molecule has 0 aliphatic carbocycles. The number of ether oxygens (including phenoxy) is 2. The van der Waals surface area contributed by atoms with E-state index < -0.39 is 0 Å². The predicted octanol–water partition coefficient (Wildman–Crippen LogP) is 4.27. The van der Waals surface area contributed by atoms with E-state index in [4.69, 9.17) is 9.47 Å². The van der Waals surface area contributed by atoms with Crippen molar-refractivity contribution >= 4 is 28.4 Å². The second kappa shape index (κ2) is 9.18. The lowest BCUT2D eigenvalue weighted by molar-refractivity contribution is 0.0924. The van der Waals surface area contributed by atoms with Gasteiger partial charge < -0.3 is 29.4 Å². The smallest absolute Gasteiger partial charge is 0.409 e. The van der Waals surface area contributed by atoms with Crippen LogP contribution in [0.5, 0.6) is 5.88 Å². The molecule has 0 bridgehead atoms. The summed E-state index contributed by atoms with van der Waals surface area (Å²) in [6.07, 6.45) is 1.25. The van der Waals surface area contributed by atoms with Gasteiger partial charge >= 0.3 is 6.09 Å². The van der Waals surface area contributed by atoms with E-state index in [1.165, 1.54) is 0 Å². The van der Waals surface area contributed by atoms with Crippen LogP contribution < -0.4 is 5.32 Å². The number of benzene rings is 1. The van der Waals surface area contributed by atoms with Crippen LogP contribution in [0.1, 0.15) is 48.1 Å². The molecule has 0 radical (unpaired) electrons. The molecule has 0 saturated carbocycles. The number of likely N-dealkylation sites (tertiary alicyclic amines) is 1. The lowest BCUT2D eigenvalue weighted by Gasteiger charge is -2.32. The second-order valence-corrected chi connectivity index (χ2v) is 8.40. The molecule has 2 aliphatic rings. The third-order valence-corrected chi connectivity index (χ3v) is 5.85. The average Bonchev–Trinajstić information content (AvgIpc) is 3.05. The van der Waals surface area contributed by atoms with E-state index in [0.717, 1.165) is 40.7 Å². The topological polar surface area (TPSA) is 88.3 Å². The number of piperidine rings is 1. The minimum Gasteiger partial charge on any atom is -0.494 e. The van der Waals surface area contributed by atoms with Gasteiger partial charge in [-0.25, -0.2) is 4.79 Å². The largest absolute Gasteiger partial charge is 0.494 e. The Hall–Kier alpha value is -2.74. The van der Waals surface area contributed by atoms with Gasteiger partial charge in [-0.15, -0.1) is 0 Å². The van der Waals surface area contributed by atoms with Gasteiger partial charge in [0.2, 0.25) is 5.88 Å². The molecule has 4 rings (SSSR count). The number of rotatable bonds is 5. The summed E-state index contributed by atoms with van der Waals surface area (Å²) in [5.74, 6) is 0.232. The molecule has 1 saturated heterocycles. The Morgan fingerprint density at radius 3 is 2.81 bits per heavy atom. The van der Waals surface area contributed by atoms with E-state index in [0.29, 0.717) is 45.5 Å². The first-order chi connectivity index (χ1) is 15.0. The zero-order valence-corrected chi connectivity index (χ0v) is 18.6. The maximum atomic E-state index is 12.1. The molecule has 1 fully saturated rings. The summed E-state index contributed by atoms with van der Waals surface area (Å²) in [4.78, 5) is 18.5. The number of aromatic nitrogens is 1. The Kier molecular flexibility index (Phi) is 6.36. The molecule has 8 heteroatoms. The number of hydrogen-bond acceptors (Lipinski definition) is 6. The van der Waals surface area contributed by atoms with Crippen LogP contribution in [0.15, 0.2) is 23.2 Å². The summed E-state index contributed by atoms with van der Waals surface area (Å²) in [6, 6.07) is 6.60. The molecule has 2 aliphatic heterocycles. The Labute approximate surface area is 185 Å². The number of carbonyl (C=O) groups is 1. The summed E-state index contributed by atoms with van der Waals surface area (Å²) in [6.45, 7) is 9.21. The molecule has 0 unspecified atom stereocenters. The highest BCUT2D eigenvalue weighted by molar-refractivity contribution is 6.14. The fourth-order valence-corrected chi connectivity index (χ4v) is 4.51. The molecular formula is C23H36N4O4.